The van der Waals surface area contributed by atoms with E-state index < -0.39 is 0 Å². The highest BCUT2D eigenvalue weighted by atomic mass is 19.1. The van der Waals surface area contributed by atoms with Crippen molar-refractivity contribution in [1.29, 1.82) is 0 Å². The van der Waals surface area contributed by atoms with E-state index in [1.807, 2.05) is 23.9 Å². The number of nitrogens with one attached hydrogen (secondary N) is 1. The Morgan fingerprint density at radius 3 is 2.48 bits per heavy atom. The second kappa shape index (κ2) is 7.52. The molecule has 1 aromatic carbocycles. The first-order valence-corrected chi connectivity index (χ1v) is 7.45. The molecule has 1 aromatic rings. The summed E-state index contributed by atoms with van der Waals surface area (Å²) in [5, 5.41) is 3.49. The van der Waals surface area contributed by atoms with Crippen molar-refractivity contribution < 1.29 is 9.18 Å². The molecule has 0 atom stereocenters. The lowest BCUT2D eigenvalue weighted by atomic mass is 10.0. The van der Waals surface area contributed by atoms with Crippen LogP contribution in [0.1, 0.15) is 18.4 Å². The molecule has 0 unspecified atom stereocenters. The van der Waals surface area contributed by atoms with Gasteiger partial charge in [-0.25, -0.2) is 4.39 Å². The molecule has 0 aliphatic carbocycles. The molecule has 2 rings (SSSR count). The highest BCUT2D eigenvalue weighted by Crippen LogP contribution is 2.12. The summed E-state index contributed by atoms with van der Waals surface area (Å²) in [6.45, 7) is 2.85. The zero-order valence-electron chi connectivity index (χ0n) is 12.8. The van der Waals surface area contributed by atoms with Gasteiger partial charge >= 0.3 is 0 Å². The van der Waals surface area contributed by atoms with E-state index in [4.69, 9.17) is 0 Å². The maximum absolute atomic E-state index is 12.8. The number of hydrogen-bond acceptors (Lipinski definition) is 3. The smallest absolute Gasteiger partial charge is 0.236 e. The number of halogens is 1. The van der Waals surface area contributed by atoms with Crippen LogP contribution < -0.4 is 5.32 Å². The normalized spacial score (nSPS) is 16.5. The fraction of sp³-hybridized carbons (Fsp3) is 0.562. The standard InChI is InChI=1S/C16H24FN3O/c1-19(2)12-16(21)20-9-7-15(8-10-20)18-11-13-3-5-14(17)6-4-13/h3-6,15,18H,7-12H2,1-2H3. The summed E-state index contributed by atoms with van der Waals surface area (Å²) in [6.07, 6.45) is 1.95. The van der Waals surface area contributed by atoms with Crippen LogP contribution in [-0.4, -0.2) is 55.5 Å². The topological polar surface area (TPSA) is 35.6 Å². The molecule has 5 heteroatoms. The third-order valence-electron chi connectivity index (χ3n) is 3.81. The molecule has 0 saturated carbocycles. The first-order chi connectivity index (χ1) is 10.0. The van der Waals surface area contributed by atoms with Crippen LogP contribution in [0.2, 0.25) is 0 Å². The fourth-order valence-corrected chi connectivity index (χ4v) is 2.57. The van der Waals surface area contributed by atoms with Crippen LogP contribution in [-0.2, 0) is 11.3 Å². The lowest BCUT2D eigenvalue weighted by molar-refractivity contribution is -0.132. The van der Waals surface area contributed by atoms with Crippen LogP contribution in [0.15, 0.2) is 24.3 Å². The van der Waals surface area contributed by atoms with Gasteiger partial charge in [-0.1, -0.05) is 12.1 Å². The van der Waals surface area contributed by atoms with Crippen LogP contribution in [0.25, 0.3) is 0 Å². The maximum atomic E-state index is 12.8. The molecule has 1 heterocycles. The Bertz CT molecular complexity index is 453. The minimum atomic E-state index is -0.202. The molecule has 1 aliphatic rings. The van der Waals surface area contributed by atoms with E-state index in [2.05, 4.69) is 5.32 Å². The Morgan fingerprint density at radius 1 is 1.29 bits per heavy atom. The molecule has 1 aliphatic heterocycles. The number of hydrogen-bond donors (Lipinski definition) is 1. The van der Waals surface area contributed by atoms with Gasteiger partial charge in [-0.15, -0.1) is 0 Å². The Balaban J connectivity index is 1.71. The summed E-state index contributed by atoms with van der Waals surface area (Å²) in [4.78, 5) is 15.8. The molecule has 1 N–H and O–H groups in total. The fourth-order valence-electron chi connectivity index (χ4n) is 2.57. The molecule has 0 spiro atoms. The molecular formula is C16H24FN3O. The zero-order chi connectivity index (χ0) is 15.2. The summed E-state index contributed by atoms with van der Waals surface area (Å²) in [5.41, 5.74) is 1.09. The number of amides is 1. The van der Waals surface area contributed by atoms with E-state index in [1.54, 1.807) is 12.1 Å². The number of rotatable bonds is 5. The Kier molecular flexibility index (Phi) is 5.70. The summed E-state index contributed by atoms with van der Waals surface area (Å²) in [7, 11) is 3.82. The third kappa shape index (κ3) is 5.10. The Morgan fingerprint density at radius 2 is 1.90 bits per heavy atom. The highest BCUT2D eigenvalue weighted by Gasteiger charge is 2.22. The van der Waals surface area contributed by atoms with Crippen molar-refractivity contribution >= 4 is 5.91 Å². The van der Waals surface area contributed by atoms with Crippen molar-refractivity contribution in [3.8, 4) is 0 Å². The lowest BCUT2D eigenvalue weighted by Gasteiger charge is -2.33. The van der Waals surface area contributed by atoms with Gasteiger partial charge in [-0.3, -0.25) is 4.79 Å². The number of piperidine rings is 1. The summed E-state index contributed by atoms with van der Waals surface area (Å²) in [6, 6.07) is 7.01. The predicted octanol–water partition coefficient (Wildman–Crippen LogP) is 1.47. The van der Waals surface area contributed by atoms with Crippen LogP contribution in [0.5, 0.6) is 0 Å². The minimum Gasteiger partial charge on any atom is -0.341 e. The van der Waals surface area contributed by atoms with Crippen molar-refractivity contribution in [2.24, 2.45) is 0 Å². The van der Waals surface area contributed by atoms with E-state index in [-0.39, 0.29) is 11.7 Å². The van der Waals surface area contributed by atoms with Gasteiger partial charge in [-0.05, 0) is 44.6 Å². The Hall–Kier alpha value is -1.46. The van der Waals surface area contributed by atoms with Gasteiger partial charge in [0.25, 0.3) is 0 Å². The van der Waals surface area contributed by atoms with Crippen molar-refractivity contribution in [3.63, 3.8) is 0 Å². The van der Waals surface area contributed by atoms with E-state index in [9.17, 15) is 9.18 Å². The monoisotopic (exact) mass is 293 g/mol. The van der Waals surface area contributed by atoms with E-state index in [0.717, 1.165) is 38.0 Å². The number of carbonyl (C=O) groups is 1. The highest BCUT2D eigenvalue weighted by molar-refractivity contribution is 5.78. The minimum absolute atomic E-state index is 0.202. The van der Waals surface area contributed by atoms with Crippen LogP contribution in [0.4, 0.5) is 4.39 Å². The first-order valence-electron chi connectivity index (χ1n) is 7.45. The molecule has 1 saturated heterocycles. The van der Waals surface area contributed by atoms with E-state index >= 15 is 0 Å². The predicted molar refractivity (Wildman–Crippen MR) is 81.4 cm³/mol. The quantitative estimate of drug-likeness (QED) is 0.893. The second-order valence-electron chi connectivity index (χ2n) is 5.90. The van der Waals surface area contributed by atoms with Gasteiger partial charge < -0.3 is 15.1 Å². The third-order valence-corrected chi connectivity index (χ3v) is 3.81. The number of carbonyl (C=O) groups excluding carboxylic acids is 1. The molecule has 116 valence electrons. The van der Waals surface area contributed by atoms with E-state index in [1.165, 1.54) is 12.1 Å². The molecule has 21 heavy (non-hydrogen) atoms. The van der Waals surface area contributed by atoms with Gasteiger partial charge in [0.1, 0.15) is 5.82 Å². The molecule has 0 radical (unpaired) electrons. The van der Waals surface area contributed by atoms with Crippen molar-refractivity contribution in [2.75, 3.05) is 33.7 Å². The maximum Gasteiger partial charge on any atom is 0.236 e. The molecule has 1 amide bonds. The lowest BCUT2D eigenvalue weighted by Crippen LogP contribution is -2.47. The molecule has 0 aromatic heterocycles. The van der Waals surface area contributed by atoms with E-state index in [0.29, 0.717) is 12.6 Å². The van der Waals surface area contributed by atoms with Crippen LogP contribution in [0.3, 0.4) is 0 Å². The first kappa shape index (κ1) is 15.9. The van der Waals surface area contributed by atoms with Gasteiger partial charge in [0.2, 0.25) is 5.91 Å². The number of likely N-dealkylation sites (N-methyl/N-ethyl adjacent to an activating group) is 1. The number of nitrogens with zero attached hydrogens (tertiary/aromatic N) is 2. The van der Waals surface area contributed by atoms with Gasteiger partial charge in [0.15, 0.2) is 0 Å². The zero-order valence-corrected chi connectivity index (χ0v) is 12.8. The average Bonchev–Trinajstić information content (AvgIpc) is 2.46. The van der Waals surface area contributed by atoms with Crippen molar-refractivity contribution in [3.05, 3.63) is 35.6 Å². The second-order valence-corrected chi connectivity index (χ2v) is 5.90. The number of benzene rings is 1. The van der Waals surface area contributed by atoms with Crippen molar-refractivity contribution in [1.82, 2.24) is 15.1 Å². The van der Waals surface area contributed by atoms with Crippen LogP contribution >= 0.6 is 0 Å². The molecular weight excluding hydrogens is 269 g/mol. The number of likely N-dealkylation sites (tertiary alicyclic amines) is 1. The average molecular weight is 293 g/mol. The summed E-state index contributed by atoms with van der Waals surface area (Å²) >= 11 is 0. The molecule has 0 bridgehead atoms. The van der Waals surface area contributed by atoms with Crippen molar-refractivity contribution in [2.45, 2.75) is 25.4 Å². The molecule has 4 nitrogen and oxygen atoms in total. The van der Waals surface area contributed by atoms with Crippen LogP contribution in [0, 0.1) is 5.82 Å². The summed E-state index contributed by atoms with van der Waals surface area (Å²) < 4.78 is 12.8. The SMILES string of the molecule is CN(C)CC(=O)N1CCC(NCc2ccc(F)cc2)CC1. The Labute approximate surface area is 125 Å². The molecule has 1 fully saturated rings. The largest absolute Gasteiger partial charge is 0.341 e. The van der Waals surface area contributed by atoms with Gasteiger partial charge in [0.05, 0.1) is 6.54 Å². The van der Waals surface area contributed by atoms with Gasteiger partial charge in [0, 0.05) is 25.7 Å². The van der Waals surface area contributed by atoms with Gasteiger partial charge in [-0.2, -0.15) is 0 Å². The summed E-state index contributed by atoms with van der Waals surface area (Å²) in [5.74, 6) is 0.00319.